The van der Waals surface area contributed by atoms with Crippen LogP contribution in [0.1, 0.15) is 51.3 Å². The number of nitriles is 1. The van der Waals surface area contributed by atoms with Gasteiger partial charge >= 0.3 is 0 Å². The molecule has 0 saturated carbocycles. The van der Waals surface area contributed by atoms with E-state index in [2.05, 4.69) is 49.7 Å². The molecule has 1 aliphatic rings. The number of carbonyl (C=O) groups excluding carboxylic acids is 1. The Balaban J connectivity index is 1.78. The Morgan fingerprint density at radius 2 is 1.80 bits per heavy atom. The summed E-state index contributed by atoms with van der Waals surface area (Å²) >= 11 is 0. The van der Waals surface area contributed by atoms with Crippen LogP contribution in [0.25, 0.3) is 6.08 Å². The summed E-state index contributed by atoms with van der Waals surface area (Å²) in [6.07, 6.45) is 1.89. The van der Waals surface area contributed by atoms with Gasteiger partial charge in [0.15, 0.2) is 5.78 Å². The summed E-state index contributed by atoms with van der Waals surface area (Å²) in [5.41, 5.74) is 6.14. The van der Waals surface area contributed by atoms with Crippen molar-refractivity contribution in [3.63, 3.8) is 0 Å². The van der Waals surface area contributed by atoms with E-state index in [0.717, 1.165) is 46.9 Å². The number of allylic oxidation sites excluding steroid dienone is 1. The highest BCUT2D eigenvalue weighted by Gasteiger charge is 2.32. The van der Waals surface area contributed by atoms with E-state index in [1.807, 2.05) is 43.3 Å². The standard InChI is InChI=1S/C26H29N3O/c1-6-29(7-2)22-11-8-19(9-12-22)14-21(17-27)25(30)16-20-10-13-24-23(15-20)26(4,5)18(3)28-24/h8-15H,6-7,16H2,1-5H3/b21-14+. The molecule has 0 aromatic heterocycles. The van der Waals surface area contributed by atoms with Gasteiger partial charge in [-0.2, -0.15) is 5.26 Å². The SMILES string of the molecule is CCN(CC)c1ccc(/C=C(\C#N)C(=O)Cc2ccc3c(c2)C(C)(C)C(C)=N3)cc1. The van der Waals surface area contributed by atoms with E-state index < -0.39 is 0 Å². The fourth-order valence-electron chi connectivity index (χ4n) is 3.80. The van der Waals surface area contributed by atoms with Gasteiger partial charge in [-0.1, -0.05) is 38.1 Å². The van der Waals surface area contributed by atoms with Gasteiger partial charge in [0.05, 0.1) is 11.3 Å². The molecule has 0 saturated heterocycles. The van der Waals surface area contributed by atoms with Gasteiger partial charge in [-0.3, -0.25) is 9.79 Å². The monoisotopic (exact) mass is 399 g/mol. The molecule has 0 bridgehead atoms. The van der Waals surface area contributed by atoms with Gasteiger partial charge < -0.3 is 4.90 Å². The normalized spacial score (nSPS) is 14.7. The van der Waals surface area contributed by atoms with Crippen LogP contribution in [0.2, 0.25) is 0 Å². The van der Waals surface area contributed by atoms with Gasteiger partial charge in [-0.25, -0.2) is 0 Å². The lowest BCUT2D eigenvalue weighted by atomic mass is 9.81. The molecule has 2 aromatic rings. The summed E-state index contributed by atoms with van der Waals surface area (Å²) < 4.78 is 0. The number of rotatable bonds is 7. The molecule has 4 nitrogen and oxygen atoms in total. The van der Waals surface area contributed by atoms with E-state index in [1.54, 1.807) is 6.08 Å². The molecule has 154 valence electrons. The van der Waals surface area contributed by atoms with E-state index in [-0.39, 0.29) is 23.2 Å². The maximum atomic E-state index is 12.8. The Bertz CT molecular complexity index is 1050. The fourth-order valence-corrected chi connectivity index (χ4v) is 3.80. The van der Waals surface area contributed by atoms with Crippen LogP contribution < -0.4 is 4.90 Å². The third-order valence-corrected chi connectivity index (χ3v) is 6.05. The van der Waals surface area contributed by atoms with Crippen molar-refractivity contribution in [1.29, 1.82) is 5.26 Å². The molecule has 0 fully saturated rings. The number of Topliss-reactive ketones (excluding diaryl/α,β-unsaturated/α-hetero) is 1. The third-order valence-electron chi connectivity index (χ3n) is 6.05. The molecule has 0 radical (unpaired) electrons. The quantitative estimate of drug-likeness (QED) is 0.447. The number of aliphatic imine (C=N–C) groups is 1. The summed E-state index contributed by atoms with van der Waals surface area (Å²) in [4.78, 5) is 19.7. The van der Waals surface area contributed by atoms with Crippen molar-refractivity contribution in [3.8, 4) is 6.07 Å². The maximum absolute atomic E-state index is 12.8. The predicted octanol–water partition coefficient (Wildman–Crippen LogP) is 5.64. The van der Waals surface area contributed by atoms with Gasteiger partial charge in [0.25, 0.3) is 0 Å². The first-order chi connectivity index (χ1) is 14.3. The average Bonchev–Trinajstić information content (AvgIpc) is 2.96. The van der Waals surface area contributed by atoms with E-state index in [0.29, 0.717) is 0 Å². The van der Waals surface area contributed by atoms with Crippen molar-refractivity contribution >= 4 is 28.9 Å². The van der Waals surface area contributed by atoms with Crippen LogP contribution in [0.4, 0.5) is 11.4 Å². The Kier molecular flexibility index (Phi) is 6.22. The van der Waals surface area contributed by atoms with Crippen molar-refractivity contribution in [3.05, 3.63) is 64.7 Å². The lowest BCUT2D eigenvalue weighted by Gasteiger charge is -2.20. The number of benzene rings is 2. The summed E-state index contributed by atoms with van der Waals surface area (Å²) in [6, 6.07) is 16.0. The van der Waals surface area contributed by atoms with Gasteiger partial charge in [0.2, 0.25) is 0 Å². The van der Waals surface area contributed by atoms with Crippen molar-refractivity contribution in [2.24, 2.45) is 4.99 Å². The van der Waals surface area contributed by atoms with Gasteiger partial charge in [-0.05, 0) is 61.7 Å². The second-order valence-corrected chi connectivity index (χ2v) is 8.21. The number of carbonyl (C=O) groups is 1. The van der Waals surface area contributed by atoms with Crippen LogP contribution >= 0.6 is 0 Å². The average molecular weight is 400 g/mol. The first-order valence-electron chi connectivity index (χ1n) is 10.5. The van der Waals surface area contributed by atoms with E-state index in [4.69, 9.17) is 0 Å². The Hall–Kier alpha value is -3.19. The number of anilines is 1. The Morgan fingerprint density at radius 3 is 2.40 bits per heavy atom. The molecule has 0 aliphatic carbocycles. The highest BCUT2D eigenvalue weighted by molar-refractivity contribution is 6.04. The van der Waals surface area contributed by atoms with Crippen molar-refractivity contribution in [1.82, 2.24) is 0 Å². The van der Waals surface area contributed by atoms with E-state index >= 15 is 0 Å². The summed E-state index contributed by atoms with van der Waals surface area (Å²) in [5, 5.41) is 9.56. The Morgan fingerprint density at radius 1 is 1.13 bits per heavy atom. The van der Waals surface area contributed by atoms with Crippen LogP contribution in [0, 0.1) is 11.3 Å². The first kappa shape index (κ1) is 21.5. The minimum Gasteiger partial charge on any atom is -0.372 e. The topological polar surface area (TPSA) is 56.5 Å². The molecule has 0 spiro atoms. The minimum atomic E-state index is -0.168. The molecule has 4 heteroatoms. The lowest BCUT2D eigenvalue weighted by Crippen LogP contribution is -2.22. The number of ketones is 1. The molecule has 3 rings (SSSR count). The van der Waals surface area contributed by atoms with Crippen LogP contribution in [0.5, 0.6) is 0 Å². The predicted molar refractivity (Wildman–Crippen MR) is 125 cm³/mol. The number of nitrogens with zero attached hydrogens (tertiary/aromatic N) is 3. The van der Waals surface area contributed by atoms with Crippen LogP contribution in [-0.2, 0) is 16.6 Å². The summed E-state index contributed by atoms with van der Waals surface area (Å²) in [6.45, 7) is 12.4. The van der Waals surface area contributed by atoms with Crippen molar-refractivity contribution in [2.45, 2.75) is 46.5 Å². The van der Waals surface area contributed by atoms with Gasteiger partial charge in [-0.15, -0.1) is 0 Å². The molecule has 0 N–H and O–H groups in total. The van der Waals surface area contributed by atoms with E-state index in [1.165, 1.54) is 0 Å². The summed E-state index contributed by atoms with van der Waals surface area (Å²) in [7, 11) is 0. The zero-order chi connectivity index (χ0) is 21.9. The molecule has 1 heterocycles. The molecular formula is C26H29N3O. The molecule has 0 atom stereocenters. The number of hydrogen-bond donors (Lipinski definition) is 0. The molecule has 0 amide bonds. The van der Waals surface area contributed by atoms with Gasteiger partial charge in [0, 0.05) is 36.3 Å². The maximum Gasteiger partial charge on any atom is 0.177 e. The summed E-state index contributed by atoms with van der Waals surface area (Å²) in [5.74, 6) is -0.168. The largest absolute Gasteiger partial charge is 0.372 e. The smallest absolute Gasteiger partial charge is 0.177 e. The third kappa shape index (κ3) is 4.21. The molecular weight excluding hydrogens is 370 g/mol. The lowest BCUT2D eigenvalue weighted by molar-refractivity contribution is -0.114. The number of fused-ring (bicyclic) bond motifs is 1. The molecule has 1 aliphatic heterocycles. The van der Waals surface area contributed by atoms with Crippen molar-refractivity contribution < 1.29 is 4.79 Å². The molecule has 2 aromatic carbocycles. The second-order valence-electron chi connectivity index (χ2n) is 8.21. The zero-order valence-corrected chi connectivity index (χ0v) is 18.5. The fraction of sp³-hybridized carbons (Fsp3) is 0.346. The second kappa shape index (κ2) is 8.67. The molecule has 0 unspecified atom stereocenters. The molecule has 30 heavy (non-hydrogen) atoms. The van der Waals surface area contributed by atoms with Crippen LogP contribution in [0.3, 0.4) is 0 Å². The highest BCUT2D eigenvalue weighted by Crippen LogP contribution is 2.40. The van der Waals surface area contributed by atoms with E-state index in [9.17, 15) is 10.1 Å². The van der Waals surface area contributed by atoms with Crippen LogP contribution in [0.15, 0.2) is 53.0 Å². The van der Waals surface area contributed by atoms with Crippen molar-refractivity contribution in [2.75, 3.05) is 18.0 Å². The number of hydrogen-bond acceptors (Lipinski definition) is 4. The highest BCUT2D eigenvalue weighted by atomic mass is 16.1. The van der Waals surface area contributed by atoms with Crippen LogP contribution in [-0.4, -0.2) is 24.6 Å². The minimum absolute atomic E-state index is 0.130. The van der Waals surface area contributed by atoms with Gasteiger partial charge in [0.1, 0.15) is 6.07 Å². The first-order valence-corrected chi connectivity index (χ1v) is 10.5. The Labute approximate surface area is 179 Å². The zero-order valence-electron chi connectivity index (χ0n) is 18.5.